The minimum absolute atomic E-state index is 0.139. The van der Waals surface area contributed by atoms with Crippen LogP contribution in [0.2, 0.25) is 0 Å². The van der Waals surface area contributed by atoms with Gasteiger partial charge < -0.3 is 5.32 Å². The summed E-state index contributed by atoms with van der Waals surface area (Å²) in [5, 5.41) is 2.82. The number of hydrogen-bond acceptors (Lipinski definition) is 3. The molecule has 1 aliphatic carbocycles. The fourth-order valence-corrected chi connectivity index (χ4v) is 5.07. The van der Waals surface area contributed by atoms with Crippen LogP contribution in [-0.2, 0) is 9.59 Å². The molecule has 0 unspecified atom stereocenters. The van der Waals surface area contributed by atoms with Gasteiger partial charge in [-0.2, -0.15) is 0 Å². The zero-order chi connectivity index (χ0) is 19.8. The van der Waals surface area contributed by atoms with Crippen molar-refractivity contribution in [1.29, 1.82) is 0 Å². The number of benzene rings is 2. The molecule has 2 fully saturated rings. The van der Waals surface area contributed by atoms with E-state index in [0.29, 0.717) is 29.8 Å². The monoisotopic (exact) mass is 504 g/mol. The summed E-state index contributed by atoms with van der Waals surface area (Å²) < 4.78 is 0. The molecule has 1 saturated heterocycles. The van der Waals surface area contributed by atoms with Crippen molar-refractivity contribution in [2.45, 2.75) is 22.5 Å². The first-order valence-corrected chi connectivity index (χ1v) is 10.9. The van der Waals surface area contributed by atoms with Crippen LogP contribution in [-0.4, -0.2) is 27.4 Å². The van der Waals surface area contributed by atoms with E-state index in [1.165, 1.54) is 4.90 Å². The van der Waals surface area contributed by atoms with Gasteiger partial charge in [0.1, 0.15) is 0 Å². The van der Waals surface area contributed by atoms with Crippen LogP contribution in [0, 0.1) is 11.8 Å². The molecule has 144 valence electrons. The fourth-order valence-electron chi connectivity index (χ4n) is 3.84. The number of amides is 3. The highest BCUT2D eigenvalue weighted by molar-refractivity contribution is 9.12. The maximum absolute atomic E-state index is 12.8. The third kappa shape index (κ3) is 3.53. The predicted molar refractivity (Wildman–Crippen MR) is 115 cm³/mol. The second-order valence-corrected chi connectivity index (χ2v) is 9.45. The van der Waals surface area contributed by atoms with Gasteiger partial charge in [0, 0.05) is 20.9 Å². The van der Waals surface area contributed by atoms with E-state index in [0.717, 1.165) is 0 Å². The molecule has 3 amide bonds. The second kappa shape index (κ2) is 7.79. The molecule has 1 N–H and O–H groups in total. The van der Waals surface area contributed by atoms with Crippen molar-refractivity contribution >= 4 is 61.0 Å². The highest BCUT2D eigenvalue weighted by atomic mass is 79.9. The van der Waals surface area contributed by atoms with Crippen LogP contribution in [0.3, 0.4) is 0 Å². The van der Waals surface area contributed by atoms with Gasteiger partial charge in [0.05, 0.1) is 17.5 Å². The number of carbonyl (C=O) groups excluding carboxylic acids is 3. The molecule has 2 aromatic carbocycles. The topological polar surface area (TPSA) is 66.5 Å². The van der Waals surface area contributed by atoms with Crippen LogP contribution in [0.25, 0.3) is 0 Å². The summed E-state index contributed by atoms with van der Waals surface area (Å²) >= 11 is 7.19. The Balaban J connectivity index is 1.50. The highest BCUT2D eigenvalue weighted by Crippen LogP contribution is 2.44. The van der Waals surface area contributed by atoms with Crippen LogP contribution in [0.5, 0.6) is 0 Å². The lowest BCUT2D eigenvalue weighted by atomic mass is 9.81. The summed E-state index contributed by atoms with van der Waals surface area (Å²) in [5.41, 5.74) is 1.71. The summed E-state index contributed by atoms with van der Waals surface area (Å²) in [5.74, 6) is -1.04. The lowest BCUT2D eigenvalue weighted by molar-refractivity contribution is -0.122. The van der Waals surface area contributed by atoms with Crippen molar-refractivity contribution in [1.82, 2.24) is 0 Å². The zero-order valence-corrected chi connectivity index (χ0v) is 18.0. The van der Waals surface area contributed by atoms with Gasteiger partial charge in [-0.05, 0) is 49.2 Å². The number of hydrogen-bond donors (Lipinski definition) is 1. The van der Waals surface area contributed by atoms with E-state index in [2.05, 4.69) is 37.2 Å². The Labute approximate surface area is 179 Å². The van der Waals surface area contributed by atoms with Crippen molar-refractivity contribution in [3.63, 3.8) is 0 Å². The van der Waals surface area contributed by atoms with Crippen molar-refractivity contribution in [3.05, 3.63) is 60.2 Å². The van der Waals surface area contributed by atoms with Gasteiger partial charge in [0.2, 0.25) is 11.8 Å². The number of halogens is 2. The normalized spacial score (nSPS) is 26.9. The fraction of sp³-hybridized carbons (Fsp3) is 0.286. The first-order valence-electron chi connectivity index (χ1n) is 9.08. The average molecular weight is 506 g/mol. The third-order valence-corrected chi connectivity index (χ3v) is 8.06. The van der Waals surface area contributed by atoms with Crippen molar-refractivity contribution < 1.29 is 14.4 Å². The molecule has 7 heteroatoms. The molecule has 1 aliphatic heterocycles. The van der Waals surface area contributed by atoms with Gasteiger partial charge in [-0.15, -0.1) is 0 Å². The number of anilines is 2. The largest absolute Gasteiger partial charge is 0.322 e. The number of fused-ring (bicyclic) bond motifs is 1. The van der Waals surface area contributed by atoms with E-state index in [1.807, 2.05) is 6.07 Å². The molecule has 4 rings (SSSR count). The van der Waals surface area contributed by atoms with E-state index >= 15 is 0 Å². The minimum Gasteiger partial charge on any atom is -0.322 e. The second-order valence-electron chi connectivity index (χ2n) is 7.10. The Bertz CT molecular complexity index is 889. The lowest BCUT2D eigenvalue weighted by Crippen LogP contribution is -2.34. The maximum atomic E-state index is 12.8. The van der Waals surface area contributed by atoms with Gasteiger partial charge in [0.15, 0.2) is 0 Å². The van der Waals surface area contributed by atoms with Gasteiger partial charge in [-0.1, -0.05) is 50.1 Å². The van der Waals surface area contributed by atoms with E-state index in [-0.39, 0.29) is 39.2 Å². The van der Waals surface area contributed by atoms with Gasteiger partial charge in [0.25, 0.3) is 5.91 Å². The predicted octanol–water partition coefficient (Wildman–Crippen LogP) is 4.37. The number of alkyl halides is 2. The van der Waals surface area contributed by atoms with Crippen LogP contribution in [0.4, 0.5) is 11.4 Å². The van der Waals surface area contributed by atoms with E-state index in [9.17, 15) is 14.4 Å². The molecule has 1 heterocycles. The Hall–Kier alpha value is -1.99. The molecular formula is C21H18Br2N2O3. The maximum Gasteiger partial charge on any atom is 0.255 e. The molecule has 28 heavy (non-hydrogen) atoms. The van der Waals surface area contributed by atoms with E-state index in [4.69, 9.17) is 0 Å². The summed E-state index contributed by atoms with van der Waals surface area (Å²) in [6, 6.07) is 15.7. The van der Waals surface area contributed by atoms with Crippen molar-refractivity contribution in [2.24, 2.45) is 11.8 Å². The summed E-state index contributed by atoms with van der Waals surface area (Å²) in [7, 11) is 0. The molecule has 5 nitrogen and oxygen atoms in total. The summed E-state index contributed by atoms with van der Waals surface area (Å²) in [6.45, 7) is 0. The van der Waals surface area contributed by atoms with Crippen LogP contribution in [0.15, 0.2) is 54.6 Å². The number of nitrogens with one attached hydrogen (secondary N) is 1. The molecular weight excluding hydrogens is 488 g/mol. The quantitative estimate of drug-likeness (QED) is 0.497. The molecule has 4 atom stereocenters. The van der Waals surface area contributed by atoms with Gasteiger partial charge in [-0.25, -0.2) is 0 Å². The van der Waals surface area contributed by atoms with Crippen LogP contribution in [0.1, 0.15) is 23.2 Å². The van der Waals surface area contributed by atoms with E-state index in [1.54, 1.807) is 48.5 Å². The molecule has 0 radical (unpaired) electrons. The third-order valence-electron chi connectivity index (χ3n) is 5.33. The lowest BCUT2D eigenvalue weighted by Gasteiger charge is -2.29. The average Bonchev–Trinajstić information content (AvgIpc) is 2.94. The van der Waals surface area contributed by atoms with Crippen molar-refractivity contribution in [3.8, 4) is 0 Å². The summed E-state index contributed by atoms with van der Waals surface area (Å²) in [4.78, 5) is 39.6. The Morgan fingerprint density at radius 2 is 1.39 bits per heavy atom. The van der Waals surface area contributed by atoms with Crippen molar-refractivity contribution in [2.75, 3.05) is 10.2 Å². The Kier molecular flexibility index (Phi) is 5.38. The molecule has 0 spiro atoms. The molecule has 0 bridgehead atoms. The molecule has 2 aliphatic rings. The standard InChI is InChI=1S/C21H18Br2N2O3/c22-17-10-15-16(11-18(17)23)21(28)25(20(15)27)14-8-6-13(7-9-14)24-19(26)12-4-2-1-3-5-12/h1-9,15-18H,10-11H2,(H,24,26)/t15-,16+,17-,18-/m1/s1. The number of rotatable bonds is 3. The molecule has 2 aromatic rings. The number of carbonyl (C=O) groups is 3. The SMILES string of the molecule is O=C(Nc1ccc(N2C(=O)[C@H]3C[C@@H](Br)[C@H](Br)C[C@H]3C2=O)cc1)c1ccccc1. The minimum atomic E-state index is -0.275. The first-order chi connectivity index (χ1) is 13.5. The number of imide groups is 1. The smallest absolute Gasteiger partial charge is 0.255 e. The first kappa shape index (κ1) is 19.3. The zero-order valence-electron chi connectivity index (χ0n) is 14.8. The summed E-state index contributed by atoms with van der Waals surface area (Å²) in [6.07, 6.45) is 1.29. The Morgan fingerprint density at radius 3 is 1.93 bits per heavy atom. The van der Waals surface area contributed by atoms with E-state index < -0.39 is 0 Å². The van der Waals surface area contributed by atoms with Gasteiger partial charge >= 0.3 is 0 Å². The number of nitrogens with zero attached hydrogens (tertiary/aromatic N) is 1. The highest BCUT2D eigenvalue weighted by Gasteiger charge is 2.52. The van der Waals surface area contributed by atoms with Gasteiger partial charge in [-0.3, -0.25) is 19.3 Å². The van der Waals surface area contributed by atoms with Crippen LogP contribution >= 0.6 is 31.9 Å². The molecule has 1 saturated carbocycles. The van der Waals surface area contributed by atoms with Crippen LogP contribution < -0.4 is 10.2 Å². The Morgan fingerprint density at radius 1 is 0.857 bits per heavy atom. The molecule has 0 aromatic heterocycles.